The molecule has 3 rings (SSSR count). The number of hydrogen-bond donors (Lipinski definition) is 1. The van der Waals surface area contributed by atoms with Crippen molar-refractivity contribution in [3.63, 3.8) is 0 Å². The standard InChI is InChI=1S/C16H20N4O3S/c21-24(22,13-14-4-2-1-3-5-14)18-12-15-6-7-17-16(19-15)20-8-10-23-11-9-20/h1-7,18H,8-13H2. The lowest BCUT2D eigenvalue weighted by Gasteiger charge is -2.26. The Morgan fingerprint density at radius 2 is 1.88 bits per heavy atom. The van der Waals surface area contributed by atoms with Gasteiger partial charge in [0.15, 0.2) is 0 Å². The highest BCUT2D eigenvalue weighted by Gasteiger charge is 2.15. The van der Waals surface area contributed by atoms with E-state index in [4.69, 9.17) is 4.74 Å². The number of nitrogens with zero attached hydrogens (tertiary/aromatic N) is 3. The molecule has 0 aliphatic carbocycles. The number of hydrogen-bond acceptors (Lipinski definition) is 6. The van der Waals surface area contributed by atoms with Crippen molar-refractivity contribution in [3.8, 4) is 0 Å². The maximum atomic E-state index is 12.2. The molecule has 1 aromatic heterocycles. The molecule has 0 radical (unpaired) electrons. The molecule has 8 heteroatoms. The number of ether oxygens (including phenoxy) is 1. The van der Waals surface area contributed by atoms with E-state index in [1.165, 1.54) is 0 Å². The largest absolute Gasteiger partial charge is 0.378 e. The molecule has 1 fully saturated rings. The van der Waals surface area contributed by atoms with Gasteiger partial charge in [-0.1, -0.05) is 30.3 Å². The average molecular weight is 348 g/mol. The van der Waals surface area contributed by atoms with Gasteiger partial charge < -0.3 is 9.64 Å². The molecule has 7 nitrogen and oxygen atoms in total. The van der Waals surface area contributed by atoms with Crippen LogP contribution < -0.4 is 9.62 Å². The second-order valence-corrected chi connectivity index (χ2v) is 7.32. The van der Waals surface area contributed by atoms with Crippen molar-refractivity contribution in [1.82, 2.24) is 14.7 Å². The van der Waals surface area contributed by atoms with Crippen LogP contribution in [0.1, 0.15) is 11.3 Å². The molecule has 0 unspecified atom stereocenters. The van der Waals surface area contributed by atoms with E-state index in [2.05, 4.69) is 14.7 Å². The summed E-state index contributed by atoms with van der Waals surface area (Å²) in [5, 5.41) is 0. The number of nitrogens with one attached hydrogen (secondary N) is 1. The van der Waals surface area contributed by atoms with Crippen molar-refractivity contribution < 1.29 is 13.2 Å². The lowest BCUT2D eigenvalue weighted by atomic mass is 10.2. The smallest absolute Gasteiger partial charge is 0.225 e. The van der Waals surface area contributed by atoms with Crippen molar-refractivity contribution in [2.45, 2.75) is 12.3 Å². The SMILES string of the molecule is O=S(=O)(Cc1ccccc1)NCc1ccnc(N2CCOCC2)n1. The van der Waals surface area contributed by atoms with Crippen LogP contribution in [0.3, 0.4) is 0 Å². The summed E-state index contributed by atoms with van der Waals surface area (Å²) in [7, 11) is -3.41. The van der Waals surface area contributed by atoms with E-state index in [1.807, 2.05) is 23.1 Å². The predicted octanol–water partition coefficient (Wildman–Crippen LogP) is 0.933. The molecule has 1 saturated heterocycles. The van der Waals surface area contributed by atoms with Gasteiger partial charge in [-0.2, -0.15) is 0 Å². The molecule has 0 amide bonds. The summed E-state index contributed by atoms with van der Waals surface area (Å²) >= 11 is 0. The fourth-order valence-corrected chi connectivity index (χ4v) is 3.53. The van der Waals surface area contributed by atoms with Gasteiger partial charge in [-0.3, -0.25) is 0 Å². The lowest BCUT2D eigenvalue weighted by Crippen LogP contribution is -2.37. The van der Waals surface area contributed by atoms with Crippen molar-refractivity contribution in [1.29, 1.82) is 0 Å². The topological polar surface area (TPSA) is 84.4 Å². The zero-order valence-electron chi connectivity index (χ0n) is 13.3. The summed E-state index contributed by atoms with van der Waals surface area (Å²) < 4.78 is 32.3. The van der Waals surface area contributed by atoms with E-state index >= 15 is 0 Å². The third-order valence-electron chi connectivity index (χ3n) is 3.67. The highest BCUT2D eigenvalue weighted by atomic mass is 32.2. The Hall–Kier alpha value is -2.03. The van der Waals surface area contributed by atoms with Gasteiger partial charge in [0.25, 0.3) is 0 Å². The van der Waals surface area contributed by atoms with Gasteiger partial charge in [0.1, 0.15) is 0 Å². The Labute approximate surface area is 141 Å². The Morgan fingerprint density at radius 1 is 1.12 bits per heavy atom. The van der Waals surface area contributed by atoms with Crippen LogP contribution in [0.25, 0.3) is 0 Å². The molecule has 1 aliphatic rings. The van der Waals surface area contributed by atoms with Gasteiger partial charge >= 0.3 is 0 Å². The van der Waals surface area contributed by atoms with Crippen molar-refractivity contribution >= 4 is 16.0 Å². The Bertz CT molecular complexity index is 762. The van der Waals surface area contributed by atoms with Crippen LogP contribution in [-0.4, -0.2) is 44.7 Å². The van der Waals surface area contributed by atoms with E-state index in [-0.39, 0.29) is 12.3 Å². The Morgan fingerprint density at radius 3 is 2.62 bits per heavy atom. The first kappa shape index (κ1) is 16.8. The summed E-state index contributed by atoms with van der Waals surface area (Å²) in [5.74, 6) is 0.563. The van der Waals surface area contributed by atoms with Gasteiger partial charge in [0.2, 0.25) is 16.0 Å². The molecule has 2 aromatic rings. The Balaban J connectivity index is 1.61. The maximum absolute atomic E-state index is 12.2. The normalized spacial score (nSPS) is 15.4. The molecule has 1 aromatic carbocycles. The second-order valence-electron chi connectivity index (χ2n) is 5.51. The monoisotopic (exact) mass is 348 g/mol. The van der Waals surface area contributed by atoms with Crippen LogP contribution in [0, 0.1) is 0 Å². The fourth-order valence-electron chi connectivity index (χ4n) is 2.43. The van der Waals surface area contributed by atoms with Gasteiger partial charge in [-0.05, 0) is 11.6 Å². The van der Waals surface area contributed by atoms with Gasteiger partial charge in [-0.25, -0.2) is 23.1 Å². The summed E-state index contributed by atoms with van der Waals surface area (Å²) in [6, 6.07) is 10.8. The van der Waals surface area contributed by atoms with Gasteiger partial charge in [-0.15, -0.1) is 0 Å². The van der Waals surface area contributed by atoms with E-state index in [1.54, 1.807) is 24.4 Å². The summed E-state index contributed by atoms with van der Waals surface area (Å²) in [5.41, 5.74) is 1.39. The third kappa shape index (κ3) is 4.73. The zero-order chi connectivity index (χ0) is 16.8. The minimum atomic E-state index is -3.41. The number of benzene rings is 1. The zero-order valence-corrected chi connectivity index (χ0v) is 14.1. The molecule has 2 heterocycles. The molecule has 0 saturated carbocycles. The lowest BCUT2D eigenvalue weighted by molar-refractivity contribution is 0.122. The first-order valence-corrected chi connectivity index (χ1v) is 9.43. The van der Waals surface area contributed by atoms with E-state index in [0.29, 0.717) is 24.9 Å². The number of anilines is 1. The van der Waals surface area contributed by atoms with Crippen LogP contribution in [0.15, 0.2) is 42.6 Å². The van der Waals surface area contributed by atoms with Crippen LogP contribution >= 0.6 is 0 Å². The predicted molar refractivity (Wildman–Crippen MR) is 91.0 cm³/mol. The highest BCUT2D eigenvalue weighted by molar-refractivity contribution is 7.88. The minimum Gasteiger partial charge on any atom is -0.378 e. The molecule has 0 bridgehead atoms. The molecule has 128 valence electrons. The van der Waals surface area contributed by atoms with Gasteiger partial charge in [0, 0.05) is 19.3 Å². The molecular formula is C16H20N4O3S. The quantitative estimate of drug-likeness (QED) is 0.836. The number of aromatic nitrogens is 2. The molecule has 1 N–H and O–H groups in total. The van der Waals surface area contributed by atoms with Gasteiger partial charge in [0.05, 0.1) is 31.2 Å². The molecular weight excluding hydrogens is 328 g/mol. The van der Waals surface area contributed by atoms with Crippen LogP contribution in [0.5, 0.6) is 0 Å². The third-order valence-corrected chi connectivity index (χ3v) is 4.96. The number of morpholine rings is 1. The number of rotatable bonds is 6. The highest BCUT2D eigenvalue weighted by Crippen LogP contribution is 2.10. The second kappa shape index (κ2) is 7.69. The first-order chi connectivity index (χ1) is 11.6. The van der Waals surface area contributed by atoms with E-state index in [9.17, 15) is 8.42 Å². The van der Waals surface area contributed by atoms with Crippen LogP contribution in [0.2, 0.25) is 0 Å². The maximum Gasteiger partial charge on any atom is 0.225 e. The summed E-state index contributed by atoms with van der Waals surface area (Å²) in [6.45, 7) is 2.93. The minimum absolute atomic E-state index is 0.0464. The summed E-state index contributed by atoms with van der Waals surface area (Å²) in [6.07, 6.45) is 1.65. The Kier molecular flexibility index (Phi) is 5.39. The average Bonchev–Trinajstić information content (AvgIpc) is 2.62. The van der Waals surface area contributed by atoms with E-state index < -0.39 is 10.0 Å². The first-order valence-electron chi connectivity index (χ1n) is 7.78. The molecule has 0 atom stereocenters. The van der Waals surface area contributed by atoms with Crippen molar-refractivity contribution in [3.05, 3.63) is 53.9 Å². The van der Waals surface area contributed by atoms with Crippen LogP contribution in [-0.2, 0) is 27.1 Å². The molecule has 0 spiro atoms. The number of sulfonamides is 1. The summed E-state index contributed by atoms with van der Waals surface area (Å²) in [4.78, 5) is 10.7. The fraction of sp³-hybridized carbons (Fsp3) is 0.375. The van der Waals surface area contributed by atoms with Crippen molar-refractivity contribution in [2.75, 3.05) is 31.2 Å². The van der Waals surface area contributed by atoms with Crippen LogP contribution in [0.4, 0.5) is 5.95 Å². The molecule has 24 heavy (non-hydrogen) atoms. The van der Waals surface area contributed by atoms with Crippen molar-refractivity contribution in [2.24, 2.45) is 0 Å². The van der Waals surface area contributed by atoms with E-state index in [0.717, 1.165) is 18.7 Å². The molecule has 1 aliphatic heterocycles.